The zero-order valence-electron chi connectivity index (χ0n) is 13.0. The number of nitrogens with zero attached hydrogens (tertiary/aromatic N) is 2. The number of aliphatic carboxylic acids is 1. The zero-order valence-corrected chi connectivity index (χ0v) is 13.0. The van der Waals surface area contributed by atoms with E-state index in [4.69, 9.17) is 9.84 Å². The maximum atomic E-state index is 12.5. The summed E-state index contributed by atoms with van der Waals surface area (Å²) in [5, 5.41) is 8.82. The summed E-state index contributed by atoms with van der Waals surface area (Å²) in [6.07, 6.45) is 0.162. The van der Waals surface area contributed by atoms with Gasteiger partial charge in [0.05, 0.1) is 18.2 Å². The van der Waals surface area contributed by atoms with Crippen molar-refractivity contribution in [2.24, 2.45) is 5.92 Å². The van der Waals surface area contributed by atoms with Crippen LogP contribution in [0.1, 0.15) is 27.7 Å². The number of carbonyl (C=O) groups excluding carboxylic acids is 1. The van der Waals surface area contributed by atoms with Gasteiger partial charge in [0, 0.05) is 20.1 Å². The minimum Gasteiger partial charge on any atom is -0.480 e. The van der Waals surface area contributed by atoms with Crippen LogP contribution in [0.2, 0.25) is 0 Å². The fourth-order valence-electron chi connectivity index (χ4n) is 2.81. The number of hydrogen-bond donors (Lipinski definition) is 1. The summed E-state index contributed by atoms with van der Waals surface area (Å²) in [7, 11) is 1.54. The Morgan fingerprint density at radius 2 is 1.80 bits per heavy atom. The molecule has 1 N–H and O–H groups in total. The molecule has 0 bridgehead atoms. The van der Waals surface area contributed by atoms with Crippen LogP contribution in [-0.2, 0) is 14.3 Å². The standard InChI is InChI=1S/C14H26N2O4/c1-9(2)13(14(19)15(5)8-12(17)18)16-6-10(3)20-11(4)7-16/h9-11,13H,6-8H2,1-5H3,(H,17,18). The molecule has 1 rings (SSSR count). The fourth-order valence-corrected chi connectivity index (χ4v) is 2.81. The summed E-state index contributed by atoms with van der Waals surface area (Å²) in [6.45, 7) is 9.08. The summed E-state index contributed by atoms with van der Waals surface area (Å²) in [6, 6.07) is -0.298. The van der Waals surface area contributed by atoms with Crippen LogP contribution < -0.4 is 0 Å². The van der Waals surface area contributed by atoms with Gasteiger partial charge in [-0.3, -0.25) is 14.5 Å². The van der Waals surface area contributed by atoms with E-state index in [2.05, 4.69) is 4.90 Å². The second-order valence-electron chi connectivity index (χ2n) is 5.99. The van der Waals surface area contributed by atoms with Gasteiger partial charge in [0.25, 0.3) is 0 Å². The zero-order chi connectivity index (χ0) is 15.4. The van der Waals surface area contributed by atoms with Crippen molar-refractivity contribution in [3.8, 4) is 0 Å². The van der Waals surface area contributed by atoms with Crippen molar-refractivity contribution in [1.82, 2.24) is 9.80 Å². The lowest BCUT2D eigenvalue weighted by molar-refractivity contribution is -0.150. The molecule has 20 heavy (non-hydrogen) atoms. The smallest absolute Gasteiger partial charge is 0.323 e. The molecule has 0 saturated carbocycles. The number of carboxylic acids is 1. The van der Waals surface area contributed by atoms with Crippen LogP contribution in [0.5, 0.6) is 0 Å². The molecule has 1 saturated heterocycles. The molecule has 3 atom stereocenters. The normalized spacial score (nSPS) is 25.5. The number of morpholine rings is 1. The molecule has 1 aliphatic heterocycles. The summed E-state index contributed by atoms with van der Waals surface area (Å²) < 4.78 is 5.69. The summed E-state index contributed by atoms with van der Waals surface area (Å²) in [5.41, 5.74) is 0. The number of amides is 1. The van der Waals surface area contributed by atoms with Crippen LogP contribution in [0.4, 0.5) is 0 Å². The highest BCUT2D eigenvalue weighted by Gasteiger charge is 2.35. The third-order valence-electron chi connectivity index (χ3n) is 3.47. The van der Waals surface area contributed by atoms with Gasteiger partial charge >= 0.3 is 5.97 Å². The molecule has 116 valence electrons. The number of carbonyl (C=O) groups is 2. The van der Waals surface area contributed by atoms with Crippen LogP contribution in [-0.4, -0.2) is 71.7 Å². The molecule has 0 aliphatic carbocycles. The van der Waals surface area contributed by atoms with E-state index in [1.54, 1.807) is 7.05 Å². The largest absolute Gasteiger partial charge is 0.480 e. The SMILES string of the molecule is CC1CN(C(C(=O)N(C)CC(=O)O)C(C)C)CC(C)O1. The second kappa shape index (κ2) is 7.04. The third kappa shape index (κ3) is 4.45. The molecule has 0 radical (unpaired) electrons. The summed E-state index contributed by atoms with van der Waals surface area (Å²) in [4.78, 5) is 26.7. The predicted molar refractivity (Wildman–Crippen MR) is 75.5 cm³/mol. The Kier molecular flexibility index (Phi) is 5.95. The topological polar surface area (TPSA) is 70.1 Å². The minimum atomic E-state index is -0.993. The van der Waals surface area contributed by atoms with E-state index in [0.717, 1.165) is 0 Å². The van der Waals surface area contributed by atoms with Crippen molar-refractivity contribution in [2.75, 3.05) is 26.7 Å². The molecular formula is C14H26N2O4. The molecule has 1 fully saturated rings. The van der Waals surface area contributed by atoms with E-state index >= 15 is 0 Å². The van der Waals surface area contributed by atoms with E-state index in [-0.39, 0.29) is 36.6 Å². The first-order valence-corrected chi connectivity index (χ1v) is 7.08. The van der Waals surface area contributed by atoms with Crippen molar-refractivity contribution in [3.05, 3.63) is 0 Å². The van der Waals surface area contributed by atoms with Crippen molar-refractivity contribution in [2.45, 2.75) is 45.9 Å². The highest BCUT2D eigenvalue weighted by Crippen LogP contribution is 2.20. The van der Waals surface area contributed by atoms with Crippen LogP contribution >= 0.6 is 0 Å². The number of rotatable bonds is 5. The van der Waals surface area contributed by atoms with Gasteiger partial charge in [-0.15, -0.1) is 0 Å². The van der Waals surface area contributed by atoms with Crippen LogP contribution in [0.15, 0.2) is 0 Å². The lowest BCUT2D eigenvalue weighted by Gasteiger charge is -2.42. The van der Waals surface area contributed by atoms with Gasteiger partial charge in [-0.25, -0.2) is 0 Å². The first-order chi connectivity index (χ1) is 9.22. The molecule has 0 aromatic heterocycles. The van der Waals surface area contributed by atoms with E-state index in [9.17, 15) is 9.59 Å². The maximum Gasteiger partial charge on any atom is 0.323 e. The third-order valence-corrected chi connectivity index (χ3v) is 3.47. The molecule has 6 nitrogen and oxygen atoms in total. The van der Waals surface area contributed by atoms with Gasteiger partial charge in [0.1, 0.15) is 6.54 Å². The highest BCUT2D eigenvalue weighted by atomic mass is 16.5. The fraction of sp³-hybridized carbons (Fsp3) is 0.857. The van der Waals surface area contributed by atoms with Crippen LogP contribution in [0, 0.1) is 5.92 Å². The minimum absolute atomic E-state index is 0.0811. The van der Waals surface area contributed by atoms with Gasteiger partial charge in [0.2, 0.25) is 5.91 Å². The molecule has 0 aromatic carbocycles. The van der Waals surface area contributed by atoms with Gasteiger partial charge in [-0.05, 0) is 19.8 Å². The van der Waals surface area contributed by atoms with E-state index in [1.165, 1.54) is 4.90 Å². The first-order valence-electron chi connectivity index (χ1n) is 7.08. The molecule has 1 amide bonds. The monoisotopic (exact) mass is 286 g/mol. The van der Waals surface area contributed by atoms with Crippen molar-refractivity contribution >= 4 is 11.9 Å². The lowest BCUT2D eigenvalue weighted by Crippen LogP contribution is -2.57. The molecule has 3 unspecified atom stereocenters. The number of carboxylic acid groups (broad SMARTS) is 1. The molecule has 0 aromatic rings. The Bertz CT molecular complexity index is 349. The quantitative estimate of drug-likeness (QED) is 0.804. The lowest BCUT2D eigenvalue weighted by atomic mass is 9.99. The number of ether oxygens (including phenoxy) is 1. The van der Waals surface area contributed by atoms with E-state index in [1.807, 2.05) is 27.7 Å². The Morgan fingerprint density at radius 3 is 2.20 bits per heavy atom. The Hall–Kier alpha value is -1.14. The van der Waals surface area contributed by atoms with Crippen molar-refractivity contribution in [3.63, 3.8) is 0 Å². The maximum absolute atomic E-state index is 12.5. The Balaban J connectivity index is 2.82. The van der Waals surface area contributed by atoms with E-state index in [0.29, 0.717) is 13.1 Å². The van der Waals surface area contributed by atoms with E-state index < -0.39 is 5.97 Å². The van der Waals surface area contributed by atoms with Crippen molar-refractivity contribution < 1.29 is 19.4 Å². The van der Waals surface area contributed by atoms with Gasteiger partial charge in [-0.2, -0.15) is 0 Å². The average Bonchev–Trinajstić information content (AvgIpc) is 2.25. The highest BCUT2D eigenvalue weighted by molar-refractivity contribution is 5.85. The molecule has 0 spiro atoms. The summed E-state index contributed by atoms with van der Waals surface area (Å²) in [5.74, 6) is -1.01. The summed E-state index contributed by atoms with van der Waals surface area (Å²) >= 11 is 0. The molecule has 1 aliphatic rings. The van der Waals surface area contributed by atoms with Gasteiger partial charge in [0.15, 0.2) is 0 Å². The number of hydrogen-bond acceptors (Lipinski definition) is 4. The van der Waals surface area contributed by atoms with Gasteiger partial charge in [-0.1, -0.05) is 13.8 Å². The predicted octanol–water partition coefficient (Wildman–Crippen LogP) is 0.663. The Labute approximate surface area is 120 Å². The number of likely N-dealkylation sites (N-methyl/N-ethyl adjacent to an activating group) is 1. The second-order valence-corrected chi connectivity index (χ2v) is 5.99. The van der Waals surface area contributed by atoms with Gasteiger partial charge < -0.3 is 14.7 Å². The van der Waals surface area contributed by atoms with Crippen molar-refractivity contribution in [1.29, 1.82) is 0 Å². The first kappa shape index (κ1) is 16.9. The van der Waals surface area contributed by atoms with Crippen LogP contribution in [0.25, 0.3) is 0 Å². The van der Waals surface area contributed by atoms with Crippen LogP contribution in [0.3, 0.4) is 0 Å². The molecular weight excluding hydrogens is 260 g/mol. The molecule has 6 heteroatoms. The average molecular weight is 286 g/mol. The Morgan fingerprint density at radius 1 is 1.30 bits per heavy atom. The molecule has 1 heterocycles.